The molecule has 5 rings (SSSR count). The number of nitrogens with one attached hydrogen (secondary N) is 2. The molecule has 4 aliphatic carbocycles. The van der Waals surface area contributed by atoms with E-state index in [0.717, 1.165) is 62.1 Å². The maximum absolute atomic E-state index is 12.0. The first-order chi connectivity index (χ1) is 14.5. The van der Waals surface area contributed by atoms with Crippen molar-refractivity contribution in [2.24, 2.45) is 17.6 Å². The molecule has 0 radical (unpaired) electrons. The number of fused-ring (bicyclic) bond motifs is 1. The van der Waals surface area contributed by atoms with Gasteiger partial charge in [-0.3, -0.25) is 9.48 Å². The maximum atomic E-state index is 12.0. The highest BCUT2D eigenvalue weighted by Gasteiger charge is 2.53. The summed E-state index contributed by atoms with van der Waals surface area (Å²) >= 11 is 6.04. The summed E-state index contributed by atoms with van der Waals surface area (Å²) in [6, 6.07) is 0.851. The van der Waals surface area contributed by atoms with Crippen LogP contribution in [-0.2, 0) is 0 Å². The molecule has 0 aromatic carbocycles. The Hall–Kier alpha value is -1.83. The van der Waals surface area contributed by atoms with Crippen LogP contribution in [0, 0.1) is 11.8 Å². The predicted octanol–water partition coefficient (Wildman–Crippen LogP) is 3.04. The normalized spacial score (nSPS) is 31.8. The van der Waals surface area contributed by atoms with E-state index in [2.05, 4.69) is 10.6 Å². The molecule has 2 atom stereocenters. The number of halogens is 1. The summed E-state index contributed by atoms with van der Waals surface area (Å²) in [7, 11) is 0. The molecule has 30 heavy (non-hydrogen) atoms. The van der Waals surface area contributed by atoms with E-state index in [4.69, 9.17) is 22.4 Å². The molecule has 0 spiro atoms. The number of nitrogens with zero attached hydrogens (tertiary/aromatic N) is 2. The Morgan fingerprint density at radius 3 is 2.53 bits per heavy atom. The monoisotopic (exact) mass is 431 g/mol. The van der Waals surface area contributed by atoms with E-state index >= 15 is 0 Å². The lowest BCUT2D eigenvalue weighted by Crippen LogP contribution is -2.42. The van der Waals surface area contributed by atoms with Crippen molar-refractivity contribution in [3.63, 3.8) is 0 Å². The van der Waals surface area contributed by atoms with Gasteiger partial charge in [-0.25, -0.2) is 0 Å². The Morgan fingerprint density at radius 2 is 1.97 bits per heavy atom. The lowest BCUT2D eigenvalue weighted by molar-refractivity contribution is 0.100. The third-order valence-corrected chi connectivity index (χ3v) is 7.65. The van der Waals surface area contributed by atoms with E-state index in [1.54, 1.807) is 0 Å². The Morgan fingerprint density at radius 1 is 1.23 bits per heavy atom. The number of anilines is 1. The Kier molecular flexibility index (Phi) is 5.16. The first-order valence-electron chi connectivity index (χ1n) is 11.1. The summed E-state index contributed by atoms with van der Waals surface area (Å²) in [6.45, 7) is 0.246. The van der Waals surface area contributed by atoms with Crippen molar-refractivity contribution in [3.05, 3.63) is 34.6 Å². The minimum absolute atomic E-state index is 0.00472. The minimum Gasteiger partial charge on any atom is -0.394 e. The zero-order valence-corrected chi connectivity index (χ0v) is 17.9. The van der Waals surface area contributed by atoms with Crippen LogP contribution >= 0.6 is 11.6 Å². The molecule has 4 aliphatic rings. The summed E-state index contributed by atoms with van der Waals surface area (Å²) in [5.74, 6) is 1.28. The number of aliphatic hydroxyl groups excluding tert-OH is 1. The molecule has 1 aromatic rings. The van der Waals surface area contributed by atoms with E-state index in [1.165, 1.54) is 0 Å². The van der Waals surface area contributed by atoms with Crippen molar-refractivity contribution in [1.82, 2.24) is 15.1 Å². The van der Waals surface area contributed by atoms with Crippen LogP contribution in [0.2, 0.25) is 0 Å². The number of nitrogens with two attached hydrogens (primary N) is 1. The SMILES string of the molecule is NC(=O)c1cn(C2C3CCC(NC4(CO)CC4)CCC32)nc1NC1=CC=C(Cl)CC1. The van der Waals surface area contributed by atoms with Crippen molar-refractivity contribution in [2.45, 2.75) is 69.0 Å². The highest BCUT2D eigenvalue weighted by Crippen LogP contribution is 2.57. The third kappa shape index (κ3) is 3.90. The van der Waals surface area contributed by atoms with Gasteiger partial charge in [0.1, 0.15) is 5.56 Å². The second-order valence-corrected chi connectivity index (χ2v) is 9.90. The highest BCUT2D eigenvalue weighted by molar-refractivity contribution is 6.29. The van der Waals surface area contributed by atoms with Crippen LogP contribution in [0.3, 0.4) is 0 Å². The summed E-state index contributed by atoms with van der Waals surface area (Å²) in [6.07, 6.45) is 13.9. The van der Waals surface area contributed by atoms with Gasteiger partial charge in [0.25, 0.3) is 5.91 Å². The smallest absolute Gasteiger partial charge is 0.254 e. The number of primary amides is 1. The fourth-order valence-corrected chi connectivity index (χ4v) is 5.44. The van der Waals surface area contributed by atoms with Crippen molar-refractivity contribution in [3.8, 4) is 0 Å². The molecule has 3 fully saturated rings. The minimum atomic E-state index is -0.461. The molecular weight excluding hydrogens is 402 g/mol. The van der Waals surface area contributed by atoms with Gasteiger partial charge >= 0.3 is 0 Å². The molecule has 162 valence electrons. The number of rotatable bonds is 7. The Bertz CT molecular complexity index is 889. The fraction of sp³-hybridized carbons (Fsp3) is 0.636. The molecule has 1 aromatic heterocycles. The topological polar surface area (TPSA) is 105 Å². The van der Waals surface area contributed by atoms with E-state index in [-0.39, 0.29) is 12.1 Å². The summed E-state index contributed by atoms with van der Waals surface area (Å²) in [4.78, 5) is 12.0. The molecule has 0 saturated heterocycles. The van der Waals surface area contributed by atoms with Gasteiger partial charge in [-0.2, -0.15) is 5.10 Å². The average Bonchev–Trinajstić information content (AvgIpc) is 3.61. The van der Waals surface area contributed by atoms with Crippen LogP contribution in [0.15, 0.2) is 29.1 Å². The van der Waals surface area contributed by atoms with Gasteiger partial charge in [-0.1, -0.05) is 11.6 Å². The van der Waals surface area contributed by atoms with E-state index in [9.17, 15) is 9.90 Å². The van der Waals surface area contributed by atoms with Crippen LogP contribution in [0.5, 0.6) is 0 Å². The number of amides is 1. The lowest BCUT2D eigenvalue weighted by atomic mass is 10.0. The van der Waals surface area contributed by atoms with Crippen molar-refractivity contribution in [2.75, 3.05) is 11.9 Å². The van der Waals surface area contributed by atoms with E-state index in [0.29, 0.717) is 35.3 Å². The largest absolute Gasteiger partial charge is 0.394 e. The number of allylic oxidation sites excluding steroid dienone is 4. The summed E-state index contributed by atoms with van der Waals surface area (Å²) < 4.78 is 1.97. The summed E-state index contributed by atoms with van der Waals surface area (Å²) in [5.41, 5.74) is 7.07. The number of aliphatic hydroxyl groups is 1. The molecule has 7 nitrogen and oxygen atoms in total. The van der Waals surface area contributed by atoms with Crippen LogP contribution in [-0.4, -0.2) is 39.0 Å². The van der Waals surface area contributed by atoms with Crippen molar-refractivity contribution >= 4 is 23.3 Å². The van der Waals surface area contributed by atoms with Gasteiger partial charge in [-0.15, -0.1) is 0 Å². The van der Waals surface area contributed by atoms with Crippen LogP contribution < -0.4 is 16.4 Å². The first-order valence-corrected chi connectivity index (χ1v) is 11.5. The second-order valence-electron chi connectivity index (χ2n) is 9.42. The van der Waals surface area contributed by atoms with Crippen molar-refractivity contribution < 1.29 is 9.90 Å². The van der Waals surface area contributed by atoms with Crippen LogP contribution in [0.4, 0.5) is 5.82 Å². The molecule has 8 heteroatoms. The lowest BCUT2D eigenvalue weighted by Gasteiger charge is -2.24. The van der Waals surface area contributed by atoms with Crippen LogP contribution in [0.1, 0.15) is 67.8 Å². The first kappa shape index (κ1) is 20.1. The molecule has 2 unspecified atom stereocenters. The van der Waals surface area contributed by atoms with Gasteiger partial charge in [0, 0.05) is 28.5 Å². The zero-order valence-electron chi connectivity index (χ0n) is 17.1. The Balaban J connectivity index is 1.25. The van der Waals surface area contributed by atoms with E-state index in [1.807, 2.05) is 23.0 Å². The molecule has 0 bridgehead atoms. The quantitative estimate of drug-likeness (QED) is 0.531. The van der Waals surface area contributed by atoms with Crippen molar-refractivity contribution in [1.29, 1.82) is 0 Å². The molecule has 3 saturated carbocycles. The highest BCUT2D eigenvalue weighted by atomic mass is 35.5. The predicted molar refractivity (Wildman–Crippen MR) is 116 cm³/mol. The third-order valence-electron chi connectivity index (χ3n) is 7.33. The molecular formula is C22H30ClN5O2. The van der Waals surface area contributed by atoms with Crippen LogP contribution in [0.25, 0.3) is 0 Å². The summed E-state index contributed by atoms with van der Waals surface area (Å²) in [5, 5.41) is 22.1. The standard InChI is InChI=1S/C22H30ClN5O2/c23-13-1-3-14(4-2-13)25-21-18(20(24)30)11-28(27-21)19-16-7-5-15(6-8-17(16)19)26-22(12-29)9-10-22/h1,3,11,15-17,19,26,29H,2,4-10,12H2,(H2,24,30)(H,25,27). The number of hydrogen-bond donors (Lipinski definition) is 4. The van der Waals surface area contributed by atoms with Gasteiger partial charge in [-0.05, 0) is 75.4 Å². The molecule has 1 amide bonds. The second kappa shape index (κ2) is 7.70. The van der Waals surface area contributed by atoms with E-state index < -0.39 is 5.91 Å². The number of aromatic nitrogens is 2. The number of carbonyl (C=O) groups excluding carboxylic acids is 1. The molecule has 1 heterocycles. The molecule has 0 aliphatic heterocycles. The maximum Gasteiger partial charge on any atom is 0.254 e. The van der Waals surface area contributed by atoms with Gasteiger partial charge in [0.2, 0.25) is 0 Å². The molecule has 5 N–H and O–H groups in total. The number of carbonyl (C=O) groups is 1. The van der Waals surface area contributed by atoms with Gasteiger partial charge < -0.3 is 21.5 Å². The number of hydrogen-bond acceptors (Lipinski definition) is 5. The Labute approximate surface area is 181 Å². The van der Waals surface area contributed by atoms with Gasteiger partial charge in [0.15, 0.2) is 5.82 Å². The van der Waals surface area contributed by atoms with Gasteiger partial charge in [0.05, 0.1) is 12.6 Å². The zero-order chi connectivity index (χ0) is 20.9. The fourth-order valence-electron chi connectivity index (χ4n) is 5.28. The average molecular weight is 432 g/mol.